The first-order valence-corrected chi connectivity index (χ1v) is 5.70. The molecule has 0 aliphatic rings. The van der Waals surface area contributed by atoms with Crippen molar-refractivity contribution in [2.45, 2.75) is 32.2 Å². The molecule has 0 unspecified atom stereocenters. The van der Waals surface area contributed by atoms with Gasteiger partial charge < -0.3 is 10.5 Å². The normalized spacial score (nSPS) is 11.8. The first-order valence-electron chi connectivity index (χ1n) is 5.70. The number of benzene rings is 1. The summed E-state index contributed by atoms with van der Waals surface area (Å²) in [6.07, 6.45) is 7.72. The van der Waals surface area contributed by atoms with E-state index in [-0.39, 0.29) is 6.04 Å². The molecule has 2 heteroatoms. The molecule has 0 aliphatic carbocycles. The van der Waals surface area contributed by atoms with Crippen LogP contribution in [-0.2, 0) is 0 Å². The van der Waals surface area contributed by atoms with E-state index in [0.717, 1.165) is 30.6 Å². The van der Waals surface area contributed by atoms with Crippen LogP contribution in [0.1, 0.15) is 37.8 Å². The minimum absolute atomic E-state index is 0.0452. The SMILES string of the molecule is C#CCCCOc1ccccc1[C@@H](N)CC. The molecule has 0 bridgehead atoms. The van der Waals surface area contributed by atoms with Crippen molar-refractivity contribution in [3.63, 3.8) is 0 Å². The maximum absolute atomic E-state index is 6.01. The van der Waals surface area contributed by atoms with Crippen molar-refractivity contribution < 1.29 is 4.74 Å². The maximum atomic E-state index is 6.01. The van der Waals surface area contributed by atoms with Crippen molar-refractivity contribution >= 4 is 0 Å². The molecule has 0 saturated carbocycles. The van der Waals surface area contributed by atoms with E-state index in [4.69, 9.17) is 16.9 Å². The number of ether oxygens (including phenoxy) is 1. The van der Waals surface area contributed by atoms with Crippen LogP contribution in [0.4, 0.5) is 0 Å². The van der Waals surface area contributed by atoms with Crippen molar-refractivity contribution in [3.05, 3.63) is 29.8 Å². The number of para-hydroxylation sites is 1. The second-order valence-corrected chi connectivity index (χ2v) is 3.71. The maximum Gasteiger partial charge on any atom is 0.124 e. The van der Waals surface area contributed by atoms with Crippen LogP contribution in [0.15, 0.2) is 24.3 Å². The molecule has 16 heavy (non-hydrogen) atoms. The van der Waals surface area contributed by atoms with Crippen molar-refractivity contribution in [1.82, 2.24) is 0 Å². The Morgan fingerprint density at radius 3 is 2.88 bits per heavy atom. The molecule has 0 aliphatic heterocycles. The van der Waals surface area contributed by atoms with Gasteiger partial charge in [0.25, 0.3) is 0 Å². The smallest absolute Gasteiger partial charge is 0.124 e. The first kappa shape index (κ1) is 12.6. The highest BCUT2D eigenvalue weighted by Gasteiger charge is 2.09. The van der Waals surface area contributed by atoms with Crippen LogP contribution in [0.3, 0.4) is 0 Å². The Kier molecular flexibility index (Phi) is 5.45. The quantitative estimate of drug-likeness (QED) is 0.587. The predicted molar refractivity (Wildman–Crippen MR) is 67.2 cm³/mol. The number of terminal acetylenes is 1. The zero-order chi connectivity index (χ0) is 11.8. The number of hydrogen-bond acceptors (Lipinski definition) is 2. The third-order valence-corrected chi connectivity index (χ3v) is 2.48. The third kappa shape index (κ3) is 3.60. The van der Waals surface area contributed by atoms with Crippen LogP contribution in [0.25, 0.3) is 0 Å². The van der Waals surface area contributed by atoms with Gasteiger partial charge in [0.05, 0.1) is 6.61 Å². The Balaban J connectivity index is 2.61. The van der Waals surface area contributed by atoms with Gasteiger partial charge in [0.15, 0.2) is 0 Å². The summed E-state index contributed by atoms with van der Waals surface area (Å²) >= 11 is 0. The van der Waals surface area contributed by atoms with Crippen LogP contribution in [0.2, 0.25) is 0 Å². The minimum atomic E-state index is 0.0452. The molecule has 86 valence electrons. The fraction of sp³-hybridized carbons (Fsp3) is 0.429. The van der Waals surface area contributed by atoms with Crippen LogP contribution in [0, 0.1) is 12.3 Å². The Morgan fingerprint density at radius 1 is 1.44 bits per heavy atom. The van der Waals surface area contributed by atoms with Crippen LogP contribution in [0.5, 0.6) is 5.75 Å². The molecule has 2 N–H and O–H groups in total. The van der Waals surface area contributed by atoms with Gasteiger partial charge >= 0.3 is 0 Å². The summed E-state index contributed by atoms with van der Waals surface area (Å²) in [4.78, 5) is 0. The van der Waals surface area contributed by atoms with E-state index >= 15 is 0 Å². The topological polar surface area (TPSA) is 35.2 Å². The molecular formula is C14H19NO. The van der Waals surface area contributed by atoms with Crippen LogP contribution < -0.4 is 10.5 Å². The van der Waals surface area contributed by atoms with Gasteiger partial charge in [-0.25, -0.2) is 0 Å². The number of unbranched alkanes of at least 4 members (excludes halogenated alkanes) is 1. The van der Waals surface area contributed by atoms with Crippen molar-refractivity contribution in [3.8, 4) is 18.1 Å². The number of hydrogen-bond donors (Lipinski definition) is 1. The molecule has 0 aromatic heterocycles. The lowest BCUT2D eigenvalue weighted by atomic mass is 10.0. The van der Waals surface area contributed by atoms with Crippen molar-refractivity contribution in [2.24, 2.45) is 5.73 Å². The Bertz CT molecular complexity index is 354. The number of rotatable bonds is 6. The predicted octanol–water partition coefficient (Wildman–Crippen LogP) is 2.89. The molecular weight excluding hydrogens is 198 g/mol. The van der Waals surface area contributed by atoms with E-state index in [1.54, 1.807) is 0 Å². The lowest BCUT2D eigenvalue weighted by Gasteiger charge is -2.15. The first-order chi connectivity index (χ1) is 7.79. The molecule has 0 radical (unpaired) electrons. The molecule has 1 aromatic rings. The van der Waals surface area contributed by atoms with Gasteiger partial charge in [-0.1, -0.05) is 25.1 Å². The van der Waals surface area contributed by atoms with Gasteiger partial charge in [-0.3, -0.25) is 0 Å². The molecule has 0 fully saturated rings. The average Bonchev–Trinajstić information content (AvgIpc) is 2.34. The van der Waals surface area contributed by atoms with Gasteiger partial charge in [-0.05, 0) is 18.9 Å². The van der Waals surface area contributed by atoms with Gasteiger partial charge in [-0.15, -0.1) is 12.3 Å². The van der Waals surface area contributed by atoms with E-state index in [9.17, 15) is 0 Å². The van der Waals surface area contributed by atoms with Gasteiger partial charge in [0, 0.05) is 18.0 Å². The zero-order valence-electron chi connectivity index (χ0n) is 9.78. The highest BCUT2D eigenvalue weighted by Crippen LogP contribution is 2.25. The molecule has 0 amide bonds. The fourth-order valence-corrected chi connectivity index (χ4v) is 1.49. The Labute approximate surface area is 97.8 Å². The lowest BCUT2D eigenvalue weighted by molar-refractivity contribution is 0.307. The molecule has 1 atom stereocenters. The number of nitrogens with two attached hydrogens (primary N) is 1. The Hall–Kier alpha value is -1.46. The average molecular weight is 217 g/mol. The van der Waals surface area contributed by atoms with E-state index < -0.39 is 0 Å². The molecule has 0 heterocycles. The van der Waals surface area contributed by atoms with Gasteiger partial charge in [0.2, 0.25) is 0 Å². The van der Waals surface area contributed by atoms with E-state index in [0.29, 0.717) is 6.61 Å². The Morgan fingerprint density at radius 2 is 2.19 bits per heavy atom. The highest BCUT2D eigenvalue weighted by molar-refractivity contribution is 5.35. The van der Waals surface area contributed by atoms with Crippen molar-refractivity contribution in [2.75, 3.05) is 6.61 Å². The zero-order valence-corrected chi connectivity index (χ0v) is 9.78. The summed E-state index contributed by atoms with van der Waals surface area (Å²) in [6.45, 7) is 2.72. The monoisotopic (exact) mass is 217 g/mol. The summed E-state index contributed by atoms with van der Waals surface area (Å²) in [5.74, 6) is 3.48. The fourth-order valence-electron chi connectivity index (χ4n) is 1.49. The molecule has 0 saturated heterocycles. The summed E-state index contributed by atoms with van der Waals surface area (Å²) < 4.78 is 5.69. The summed E-state index contributed by atoms with van der Waals surface area (Å²) in [7, 11) is 0. The molecule has 1 aromatic carbocycles. The van der Waals surface area contributed by atoms with E-state index in [1.165, 1.54) is 0 Å². The second-order valence-electron chi connectivity index (χ2n) is 3.71. The van der Waals surface area contributed by atoms with Crippen LogP contribution in [-0.4, -0.2) is 6.61 Å². The molecule has 0 spiro atoms. The van der Waals surface area contributed by atoms with Gasteiger partial charge in [-0.2, -0.15) is 0 Å². The minimum Gasteiger partial charge on any atom is -0.493 e. The summed E-state index contributed by atoms with van der Waals surface area (Å²) in [6, 6.07) is 7.97. The summed E-state index contributed by atoms with van der Waals surface area (Å²) in [5, 5.41) is 0. The molecule has 2 nitrogen and oxygen atoms in total. The highest BCUT2D eigenvalue weighted by atomic mass is 16.5. The largest absolute Gasteiger partial charge is 0.493 e. The van der Waals surface area contributed by atoms with Crippen molar-refractivity contribution in [1.29, 1.82) is 0 Å². The van der Waals surface area contributed by atoms with E-state index in [1.807, 2.05) is 24.3 Å². The van der Waals surface area contributed by atoms with Crippen LogP contribution >= 0.6 is 0 Å². The van der Waals surface area contributed by atoms with Gasteiger partial charge in [0.1, 0.15) is 5.75 Å². The summed E-state index contributed by atoms with van der Waals surface area (Å²) in [5.41, 5.74) is 7.09. The third-order valence-electron chi connectivity index (χ3n) is 2.48. The molecule has 1 rings (SSSR count). The van der Waals surface area contributed by atoms with E-state index in [2.05, 4.69) is 12.8 Å². The standard InChI is InChI=1S/C14H19NO/c1-3-5-8-11-16-14-10-7-6-9-12(14)13(15)4-2/h1,6-7,9-10,13H,4-5,8,11,15H2,2H3/t13-/m0/s1. The lowest BCUT2D eigenvalue weighted by Crippen LogP contribution is -2.11. The second kappa shape index (κ2) is 6.92.